The number of carboxylic acids is 1. The Kier molecular flexibility index (Phi) is 6.07. The van der Waals surface area contributed by atoms with Crippen molar-refractivity contribution < 1.29 is 14.7 Å². The van der Waals surface area contributed by atoms with Gasteiger partial charge in [0.1, 0.15) is 0 Å². The highest BCUT2D eigenvalue weighted by atomic mass is 16.4. The van der Waals surface area contributed by atoms with E-state index in [1.807, 2.05) is 0 Å². The Morgan fingerprint density at radius 3 is 2.33 bits per heavy atom. The summed E-state index contributed by atoms with van der Waals surface area (Å²) in [5, 5.41) is 8.55. The largest absolute Gasteiger partial charge is 0.481 e. The quantitative estimate of drug-likeness (QED) is 0.699. The zero-order valence-electron chi connectivity index (χ0n) is 11.3. The Bertz CT molecular complexity index is 288. The lowest BCUT2D eigenvalue weighted by atomic mass is 10.2. The summed E-state index contributed by atoms with van der Waals surface area (Å²) in [4.78, 5) is 28.2. The number of hydrogen-bond acceptors (Lipinski definition) is 4. The summed E-state index contributed by atoms with van der Waals surface area (Å²) >= 11 is 0. The van der Waals surface area contributed by atoms with Crippen molar-refractivity contribution in [2.75, 3.05) is 53.4 Å². The fraction of sp³-hybridized carbons (Fsp3) is 0.833. The fourth-order valence-electron chi connectivity index (χ4n) is 1.90. The molecule has 1 N–H and O–H groups in total. The van der Waals surface area contributed by atoms with Crippen LogP contribution in [-0.4, -0.2) is 85.0 Å². The molecule has 0 aromatic carbocycles. The van der Waals surface area contributed by atoms with Gasteiger partial charge in [-0.15, -0.1) is 0 Å². The Labute approximate surface area is 108 Å². The average Bonchev–Trinajstić information content (AvgIpc) is 2.34. The summed E-state index contributed by atoms with van der Waals surface area (Å²) in [6.07, 6.45) is 0.483. The van der Waals surface area contributed by atoms with Gasteiger partial charge in [0.15, 0.2) is 0 Å². The predicted octanol–water partition coefficient (Wildman–Crippen LogP) is -0.443. The minimum Gasteiger partial charge on any atom is -0.481 e. The van der Waals surface area contributed by atoms with Crippen molar-refractivity contribution in [1.29, 1.82) is 0 Å². The van der Waals surface area contributed by atoms with E-state index in [4.69, 9.17) is 5.11 Å². The van der Waals surface area contributed by atoms with E-state index in [1.165, 1.54) is 4.90 Å². The van der Waals surface area contributed by atoms with Crippen LogP contribution in [0.3, 0.4) is 0 Å². The Morgan fingerprint density at radius 1 is 1.17 bits per heavy atom. The number of carboxylic acid groups (broad SMARTS) is 1. The molecule has 104 valence electrons. The van der Waals surface area contributed by atoms with E-state index in [9.17, 15) is 9.59 Å². The van der Waals surface area contributed by atoms with E-state index < -0.39 is 5.97 Å². The molecule has 0 spiro atoms. The summed E-state index contributed by atoms with van der Waals surface area (Å²) < 4.78 is 0. The number of likely N-dealkylation sites (N-methyl/N-ethyl adjacent to an activating group) is 1. The van der Waals surface area contributed by atoms with Crippen molar-refractivity contribution in [3.8, 4) is 0 Å². The van der Waals surface area contributed by atoms with Crippen molar-refractivity contribution in [3.63, 3.8) is 0 Å². The van der Waals surface area contributed by atoms with Gasteiger partial charge in [-0.05, 0) is 7.05 Å². The Hall–Kier alpha value is -1.14. The molecular weight excluding hydrogens is 234 g/mol. The average molecular weight is 257 g/mol. The second-order valence-electron chi connectivity index (χ2n) is 4.85. The van der Waals surface area contributed by atoms with E-state index in [2.05, 4.69) is 16.8 Å². The Balaban J connectivity index is 2.17. The molecule has 0 aromatic rings. The maximum atomic E-state index is 11.8. The minimum atomic E-state index is -0.867. The summed E-state index contributed by atoms with van der Waals surface area (Å²) in [5.41, 5.74) is 0. The predicted molar refractivity (Wildman–Crippen MR) is 68.4 cm³/mol. The molecule has 0 aliphatic carbocycles. The van der Waals surface area contributed by atoms with E-state index in [0.29, 0.717) is 6.42 Å². The SMILES string of the molecule is CN1CCN(CCC(=O)N(C)CCC(=O)O)CC1. The monoisotopic (exact) mass is 257 g/mol. The first-order chi connectivity index (χ1) is 8.49. The third kappa shape index (κ3) is 5.46. The van der Waals surface area contributed by atoms with Crippen LogP contribution >= 0.6 is 0 Å². The second kappa shape index (κ2) is 7.33. The van der Waals surface area contributed by atoms with Crippen molar-refractivity contribution in [2.24, 2.45) is 0 Å². The highest BCUT2D eigenvalue weighted by Crippen LogP contribution is 2.02. The van der Waals surface area contributed by atoms with Gasteiger partial charge < -0.3 is 19.8 Å². The molecule has 6 nitrogen and oxygen atoms in total. The minimum absolute atomic E-state index is 0.0107. The van der Waals surface area contributed by atoms with Gasteiger partial charge in [0.25, 0.3) is 0 Å². The number of rotatable bonds is 6. The first-order valence-corrected chi connectivity index (χ1v) is 6.35. The number of amides is 1. The number of nitrogens with zero attached hydrogens (tertiary/aromatic N) is 3. The van der Waals surface area contributed by atoms with Crippen LogP contribution in [0, 0.1) is 0 Å². The van der Waals surface area contributed by atoms with Gasteiger partial charge in [-0.3, -0.25) is 9.59 Å². The van der Waals surface area contributed by atoms with Crippen molar-refractivity contribution in [2.45, 2.75) is 12.8 Å². The smallest absolute Gasteiger partial charge is 0.305 e. The van der Waals surface area contributed by atoms with E-state index in [0.717, 1.165) is 32.7 Å². The summed E-state index contributed by atoms with van der Waals surface area (Å²) in [7, 11) is 3.76. The number of piperazine rings is 1. The lowest BCUT2D eigenvalue weighted by Gasteiger charge is -2.32. The molecule has 18 heavy (non-hydrogen) atoms. The molecule has 6 heteroatoms. The van der Waals surface area contributed by atoms with Crippen LogP contribution in [0.4, 0.5) is 0 Å². The van der Waals surface area contributed by atoms with Gasteiger partial charge in [-0.2, -0.15) is 0 Å². The molecule has 1 heterocycles. The van der Waals surface area contributed by atoms with Crippen molar-refractivity contribution >= 4 is 11.9 Å². The summed E-state index contributed by atoms with van der Waals surface area (Å²) in [6, 6.07) is 0. The first-order valence-electron chi connectivity index (χ1n) is 6.35. The van der Waals surface area contributed by atoms with Gasteiger partial charge in [-0.25, -0.2) is 0 Å². The van der Waals surface area contributed by atoms with Crippen LogP contribution in [0.2, 0.25) is 0 Å². The van der Waals surface area contributed by atoms with E-state index in [1.54, 1.807) is 7.05 Å². The molecule has 1 saturated heterocycles. The van der Waals surface area contributed by atoms with E-state index >= 15 is 0 Å². The third-order valence-corrected chi connectivity index (χ3v) is 3.32. The van der Waals surface area contributed by atoms with Crippen LogP contribution in [0.15, 0.2) is 0 Å². The third-order valence-electron chi connectivity index (χ3n) is 3.32. The van der Waals surface area contributed by atoms with Gasteiger partial charge in [0.2, 0.25) is 5.91 Å². The van der Waals surface area contributed by atoms with Gasteiger partial charge >= 0.3 is 5.97 Å². The van der Waals surface area contributed by atoms with Crippen molar-refractivity contribution in [3.05, 3.63) is 0 Å². The number of hydrogen-bond donors (Lipinski definition) is 1. The molecule has 0 saturated carbocycles. The Morgan fingerprint density at radius 2 is 1.78 bits per heavy atom. The number of carbonyl (C=O) groups excluding carboxylic acids is 1. The number of carbonyl (C=O) groups is 2. The number of aliphatic carboxylic acids is 1. The lowest BCUT2D eigenvalue weighted by molar-refractivity contribution is -0.138. The maximum Gasteiger partial charge on any atom is 0.305 e. The van der Waals surface area contributed by atoms with Crippen LogP contribution in [0.25, 0.3) is 0 Å². The lowest BCUT2D eigenvalue weighted by Crippen LogP contribution is -2.45. The topological polar surface area (TPSA) is 64.1 Å². The molecule has 1 fully saturated rings. The van der Waals surface area contributed by atoms with Gasteiger partial charge in [0.05, 0.1) is 6.42 Å². The molecule has 0 unspecified atom stereocenters. The molecule has 0 radical (unpaired) electrons. The van der Waals surface area contributed by atoms with Gasteiger partial charge in [0, 0.05) is 52.7 Å². The molecule has 1 aliphatic rings. The zero-order valence-corrected chi connectivity index (χ0v) is 11.3. The first kappa shape index (κ1) is 14.9. The second-order valence-corrected chi connectivity index (χ2v) is 4.85. The highest BCUT2D eigenvalue weighted by Gasteiger charge is 2.16. The maximum absolute atomic E-state index is 11.8. The van der Waals surface area contributed by atoms with Crippen LogP contribution in [0.1, 0.15) is 12.8 Å². The van der Waals surface area contributed by atoms with Crippen LogP contribution < -0.4 is 0 Å². The van der Waals surface area contributed by atoms with Crippen molar-refractivity contribution in [1.82, 2.24) is 14.7 Å². The molecule has 0 atom stereocenters. The van der Waals surface area contributed by atoms with Gasteiger partial charge in [-0.1, -0.05) is 0 Å². The van der Waals surface area contributed by atoms with E-state index in [-0.39, 0.29) is 18.9 Å². The molecular formula is C12H23N3O3. The molecule has 0 bridgehead atoms. The zero-order chi connectivity index (χ0) is 13.5. The summed E-state index contributed by atoms with van der Waals surface area (Å²) in [5.74, 6) is -0.844. The standard InChI is InChI=1S/C12H23N3O3/c1-13-7-9-15(10-8-13)6-3-11(16)14(2)5-4-12(17)18/h3-10H2,1-2H3,(H,17,18). The normalized spacial score (nSPS) is 17.7. The van der Waals surface area contributed by atoms with Crippen LogP contribution in [0.5, 0.6) is 0 Å². The molecule has 0 aromatic heterocycles. The molecule has 1 amide bonds. The molecule has 1 aliphatic heterocycles. The molecule has 1 rings (SSSR count). The van der Waals surface area contributed by atoms with Crippen LogP contribution in [-0.2, 0) is 9.59 Å². The fourth-order valence-corrected chi connectivity index (χ4v) is 1.90. The highest BCUT2D eigenvalue weighted by molar-refractivity contribution is 5.76. The summed E-state index contributed by atoms with van der Waals surface area (Å²) in [6.45, 7) is 5.15.